The highest BCUT2D eigenvalue weighted by molar-refractivity contribution is 6.05. The van der Waals surface area contributed by atoms with Gasteiger partial charge in [0.2, 0.25) is 0 Å². The fourth-order valence-corrected chi connectivity index (χ4v) is 2.74. The Morgan fingerprint density at radius 3 is 2.59 bits per heavy atom. The molecule has 2 heteroatoms. The normalized spacial score (nSPS) is 12.1. The molecule has 3 rings (SSSR count). The lowest BCUT2D eigenvalue weighted by Crippen LogP contribution is -1.94. The molecule has 2 nitrogen and oxygen atoms in total. The maximum Gasteiger partial charge on any atom is 0.157 e. The lowest BCUT2D eigenvalue weighted by molar-refractivity contribution is 0.657. The van der Waals surface area contributed by atoms with Crippen LogP contribution in [0.1, 0.15) is 31.0 Å². The quantitative estimate of drug-likeness (QED) is 0.604. The van der Waals surface area contributed by atoms with Gasteiger partial charge in [-0.3, -0.25) is 0 Å². The van der Waals surface area contributed by atoms with Gasteiger partial charge in [-0.25, -0.2) is 0 Å². The van der Waals surface area contributed by atoms with Gasteiger partial charge in [-0.1, -0.05) is 26.0 Å². The van der Waals surface area contributed by atoms with Crippen LogP contribution in [0.25, 0.3) is 22.1 Å². The molecule has 1 aromatic carbocycles. The topological polar surface area (TPSA) is 18.1 Å². The molecular weight excluding hydrogens is 210 g/mol. The Balaban J connectivity index is 2.55. The second-order valence-electron chi connectivity index (χ2n) is 4.99. The number of furan rings is 1. The number of hydrogen-bond donors (Lipinski definition) is 0. The summed E-state index contributed by atoms with van der Waals surface area (Å²) in [5, 5.41) is 1.21. The van der Waals surface area contributed by atoms with E-state index in [1.807, 2.05) is 12.1 Å². The monoisotopic (exact) mass is 227 g/mol. The molecule has 0 saturated heterocycles. The summed E-state index contributed by atoms with van der Waals surface area (Å²) in [5.41, 5.74) is 5.90. The van der Waals surface area contributed by atoms with Crippen LogP contribution >= 0.6 is 0 Å². The van der Waals surface area contributed by atoms with E-state index >= 15 is 0 Å². The predicted octanol–water partition coefficient (Wildman–Crippen LogP) is 4.36. The molecule has 0 unspecified atom stereocenters. The van der Waals surface area contributed by atoms with Crippen molar-refractivity contribution in [3.05, 3.63) is 35.5 Å². The summed E-state index contributed by atoms with van der Waals surface area (Å²) in [6.45, 7) is 6.60. The Morgan fingerprint density at radius 2 is 1.88 bits per heavy atom. The number of rotatable bonds is 1. The van der Waals surface area contributed by atoms with E-state index in [9.17, 15) is 0 Å². The lowest BCUT2D eigenvalue weighted by Gasteiger charge is -2.05. The minimum absolute atomic E-state index is 0.485. The molecule has 0 bridgehead atoms. The van der Waals surface area contributed by atoms with Gasteiger partial charge in [-0.2, -0.15) is 0 Å². The summed E-state index contributed by atoms with van der Waals surface area (Å²) in [6, 6.07) is 8.25. The van der Waals surface area contributed by atoms with E-state index in [0.29, 0.717) is 5.92 Å². The van der Waals surface area contributed by atoms with Crippen molar-refractivity contribution in [1.29, 1.82) is 0 Å². The van der Waals surface area contributed by atoms with Gasteiger partial charge in [-0.15, -0.1) is 0 Å². The average molecular weight is 227 g/mol. The molecule has 2 heterocycles. The summed E-state index contributed by atoms with van der Waals surface area (Å²) in [5.74, 6) is 0.485. The molecule has 88 valence electrons. The molecule has 0 N–H and O–H groups in total. The maximum absolute atomic E-state index is 6.03. The van der Waals surface area contributed by atoms with Crippen LogP contribution in [0, 0.1) is 6.92 Å². The molecule has 0 aliphatic rings. The zero-order valence-electron chi connectivity index (χ0n) is 10.7. The first kappa shape index (κ1) is 10.5. The van der Waals surface area contributed by atoms with E-state index in [1.165, 1.54) is 22.2 Å². The molecule has 0 saturated carbocycles. The third-order valence-corrected chi connectivity index (χ3v) is 3.62. The van der Waals surface area contributed by atoms with Crippen LogP contribution in [0.15, 0.2) is 28.7 Å². The fourth-order valence-electron chi connectivity index (χ4n) is 2.74. The maximum atomic E-state index is 6.03. The summed E-state index contributed by atoms with van der Waals surface area (Å²) < 4.78 is 8.27. The van der Waals surface area contributed by atoms with Crippen LogP contribution in [-0.2, 0) is 7.05 Å². The van der Waals surface area contributed by atoms with Crippen molar-refractivity contribution in [2.24, 2.45) is 7.05 Å². The minimum Gasteiger partial charge on any atom is -0.454 e. The van der Waals surface area contributed by atoms with Crippen LogP contribution in [0.2, 0.25) is 0 Å². The molecule has 0 spiro atoms. The van der Waals surface area contributed by atoms with E-state index in [0.717, 1.165) is 11.2 Å². The van der Waals surface area contributed by atoms with Crippen molar-refractivity contribution in [2.75, 3.05) is 0 Å². The van der Waals surface area contributed by atoms with Crippen LogP contribution < -0.4 is 0 Å². The molecule has 2 aromatic heterocycles. The molecule has 0 aliphatic heterocycles. The molecule has 0 radical (unpaired) electrons. The first-order valence-corrected chi connectivity index (χ1v) is 6.07. The van der Waals surface area contributed by atoms with Gasteiger partial charge in [0.15, 0.2) is 5.58 Å². The van der Waals surface area contributed by atoms with Crippen molar-refractivity contribution in [1.82, 2.24) is 4.57 Å². The zero-order valence-corrected chi connectivity index (χ0v) is 10.7. The summed E-state index contributed by atoms with van der Waals surface area (Å²) >= 11 is 0. The SMILES string of the molecule is Cc1c(C(C)C)c2oc3ccccc3c2n1C. The van der Waals surface area contributed by atoms with Gasteiger partial charge in [-0.05, 0) is 25.0 Å². The van der Waals surface area contributed by atoms with Gasteiger partial charge >= 0.3 is 0 Å². The van der Waals surface area contributed by atoms with Crippen LogP contribution in [0.3, 0.4) is 0 Å². The van der Waals surface area contributed by atoms with Crippen molar-refractivity contribution in [2.45, 2.75) is 26.7 Å². The van der Waals surface area contributed by atoms with Crippen LogP contribution in [0.5, 0.6) is 0 Å². The van der Waals surface area contributed by atoms with Gasteiger partial charge in [0.05, 0.1) is 5.52 Å². The standard InChI is InChI=1S/C15H17NO/c1-9(2)13-10(3)16(4)14-11-7-5-6-8-12(11)17-15(13)14/h5-9H,1-4H3. The van der Waals surface area contributed by atoms with E-state index in [2.05, 4.69) is 44.5 Å². The number of nitrogens with zero attached hydrogens (tertiary/aromatic N) is 1. The minimum atomic E-state index is 0.485. The van der Waals surface area contributed by atoms with E-state index in [-0.39, 0.29) is 0 Å². The number of hydrogen-bond acceptors (Lipinski definition) is 1. The zero-order chi connectivity index (χ0) is 12.2. The first-order valence-electron chi connectivity index (χ1n) is 6.07. The van der Waals surface area contributed by atoms with E-state index in [1.54, 1.807) is 0 Å². The Labute approximate surface area is 101 Å². The molecular formula is C15H17NO. The molecule has 0 amide bonds. The summed E-state index contributed by atoms with van der Waals surface area (Å²) in [4.78, 5) is 0. The number of aryl methyl sites for hydroxylation is 1. The Hall–Kier alpha value is -1.70. The van der Waals surface area contributed by atoms with Crippen molar-refractivity contribution >= 4 is 22.1 Å². The van der Waals surface area contributed by atoms with Crippen molar-refractivity contribution < 1.29 is 4.42 Å². The second-order valence-corrected chi connectivity index (χ2v) is 4.99. The molecule has 17 heavy (non-hydrogen) atoms. The van der Waals surface area contributed by atoms with E-state index < -0.39 is 0 Å². The largest absolute Gasteiger partial charge is 0.454 e. The third-order valence-electron chi connectivity index (χ3n) is 3.62. The fraction of sp³-hybridized carbons (Fsp3) is 0.333. The first-order chi connectivity index (χ1) is 8.11. The molecule has 0 fully saturated rings. The second kappa shape index (κ2) is 3.39. The highest BCUT2D eigenvalue weighted by atomic mass is 16.3. The summed E-state index contributed by atoms with van der Waals surface area (Å²) in [6.07, 6.45) is 0. The van der Waals surface area contributed by atoms with Crippen molar-refractivity contribution in [3.8, 4) is 0 Å². The van der Waals surface area contributed by atoms with Crippen LogP contribution in [0.4, 0.5) is 0 Å². The highest BCUT2D eigenvalue weighted by Gasteiger charge is 2.20. The summed E-state index contributed by atoms with van der Waals surface area (Å²) in [7, 11) is 2.12. The average Bonchev–Trinajstić information content (AvgIpc) is 2.76. The number of para-hydroxylation sites is 1. The van der Waals surface area contributed by atoms with Crippen molar-refractivity contribution in [3.63, 3.8) is 0 Å². The van der Waals surface area contributed by atoms with Crippen LogP contribution in [-0.4, -0.2) is 4.57 Å². The van der Waals surface area contributed by atoms with Gasteiger partial charge in [0, 0.05) is 23.7 Å². The number of benzene rings is 1. The predicted molar refractivity (Wildman–Crippen MR) is 71.5 cm³/mol. The smallest absolute Gasteiger partial charge is 0.157 e. The Kier molecular flexibility index (Phi) is 2.09. The molecule has 0 aliphatic carbocycles. The van der Waals surface area contributed by atoms with Gasteiger partial charge in [0.1, 0.15) is 5.58 Å². The highest BCUT2D eigenvalue weighted by Crippen LogP contribution is 2.37. The molecule has 3 aromatic rings. The Morgan fingerprint density at radius 1 is 1.18 bits per heavy atom. The Bertz CT molecular complexity index is 700. The van der Waals surface area contributed by atoms with E-state index in [4.69, 9.17) is 4.42 Å². The molecule has 0 atom stereocenters. The number of aromatic nitrogens is 1. The number of fused-ring (bicyclic) bond motifs is 3. The van der Waals surface area contributed by atoms with Gasteiger partial charge < -0.3 is 8.98 Å². The van der Waals surface area contributed by atoms with Gasteiger partial charge in [0.25, 0.3) is 0 Å². The third kappa shape index (κ3) is 1.27. The lowest BCUT2D eigenvalue weighted by atomic mass is 10.0.